The molecule has 1 aromatic carbocycles. The maximum atomic E-state index is 10.8. The van der Waals surface area contributed by atoms with Crippen LogP contribution >= 0.6 is 0 Å². The second kappa shape index (κ2) is 7.40. The first-order chi connectivity index (χ1) is 10.2. The molecule has 21 heavy (non-hydrogen) atoms. The first-order valence-corrected chi connectivity index (χ1v) is 6.69. The van der Waals surface area contributed by atoms with Gasteiger partial charge in [0.25, 0.3) is 0 Å². The molecule has 5 heteroatoms. The number of hydrogen-bond acceptors (Lipinski definition) is 4. The lowest BCUT2D eigenvalue weighted by molar-refractivity contribution is 0.0697. The maximum absolute atomic E-state index is 10.8. The molecule has 0 spiro atoms. The third-order valence-corrected chi connectivity index (χ3v) is 3.09. The Hall–Kier alpha value is -2.40. The molecule has 2 N–H and O–H groups in total. The molecule has 1 heterocycles. The topological polar surface area (TPSA) is 71.5 Å². The quantitative estimate of drug-likeness (QED) is 0.818. The fraction of sp³-hybridized carbons (Fsp3) is 0.250. The van der Waals surface area contributed by atoms with Crippen molar-refractivity contribution in [1.29, 1.82) is 0 Å². The molecule has 0 aliphatic heterocycles. The molecule has 0 saturated carbocycles. The Labute approximate surface area is 123 Å². The van der Waals surface area contributed by atoms with Crippen LogP contribution in [0.5, 0.6) is 0 Å². The molecule has 0 aliphatic carbocycles. The number of benzene rings is 1. The molecular formula is C16H18N2O3. The average molecular weight is 286 g/mol. The molecule has 1 aromatic heterocycles. The summed E-state index contributed by atoms with van der Waals surface area (Å²) in [5.74, 6) is -0.118. The van der Waals surface area contributed by atoms with Gasteiger partial charge in [-0.25, -0.2) is 9.78 Å². The molecule has 0 atom stereocenters. The Morgan fingerprint density at radius 3 is 2.67 bits per heavy atom. The monoisotopic (exact) mass is 286 g/mol. The molecular weight excluding hydrogens is 268 g/mol. The SMILES string of the molecule is COCCc1ccnc(NCc2ccc(C(=O)O)cc2)c1. The minimum Gasteiger partial charge on any atom is -0.478 e. The van der Waals surface area contributed by atoms with Gasteiger partial charge in [0.2, 0.25) is 0 Å². The summed E-state index contributed by atoms with van der Waals surface area (Å²) in [6, 6.07) is 10.7. The lowest BCUT2D eigenvalue weighted by Gasteiger charge is -2.08. The van der Waals surface area contributed by atoms with Crippen molar-refractivity contribution < 1.29 is 14.6 Å². The van der Waals surface area contributed by atoms with Crippen molar-refractivity contribution in [2.24, 2.45) is 0 Å². The number of rotatable bonds is 7. The van der Waals surface area contributed by atoms with E-state index in [1.807, 2.05) is 12.1 Å². The molecule has 0 bridgehead atoms. The number of pyridine rings is 1. The molecule has 0 fully saturated rings. The highest BCUT2D eigenvalue weighted by molar-refractivity contribution is 5.87. The number of ether oxygens (including phenoxy) is 1. The van der Waals surface area contributed by atoms with E-state index in [0.29, 0.717) is 18.7 Å². The lowest BCUT2D eigenvalue weighted by atomic mass is 10.1. The van der Waals surface area contributed by atoms with Crippen molar-refractivity contribution >= 4 is 11.8 Å². The first kappa shape index (κ1) is 15.0. The Balaban J connectivity index is 1.94. The number of aromatic nitrogens is 1. The summed E-state index contributed by atoms with van der Waals surface area (Å²) in [7, 11) is 1.68. The lowest BCUT2D eigenvalue weighted by Crippen LogP contribution is -2.03. The summed E-state index contributed by atoms with van der Waals surface area (Å²) < 4.78 is 5.06. The van der Waals surface area contributed by atoms with Crippen molar-refractivity contribution in [3.63, 3.8) is 0 Å². The highest BCUT2D eigenvalue weighted by atomic mass is 16.5. The zero-order valence-corrected chi connectivity index (χ0v) is 11.9. The zero-order chi connectivity index (χ0) is 15.1. The van der Waals surface area contributed by atoms with Crippen LogP contribution in [-0.4, -0.2) is 29.8 Å². The number of carboxylic acids is 1. The van der Waals surface area contributed by atoms with E-state index in [1.54, 1.807) is 37.6 Å². The van der Waals surface area contributed by atoms with Gasteiger partial charge in [-0.1, -0.05) is 12.1 Å². The number of anilines is 1. The van der Waals surface area contributed by atoms with Gasteiger partial charge in [0.15, 0.2) is 0 Å². The van der Waals surface area contributed by atoms with Crippen LogP contribution in [0.15, 0.2) is 42.6 Å². The van der Waals surface area contributed by atoms with Gasteiger partial charge < -0.3 is 15.2 Å². The normalized spacial score (nSPS) is 10.3. The molecule has 5 nitrogen and oxygen atoms in total. The summed E-state index contributed by atoms with van der Waals surface area (Å²) in [6.45, 7) is 1.28. The van der Waals surface area contributed by atoms with E-state index in [4.69, 9.17) is 9.84 Å². The third-order valence-electron chi connectivity index (χ3n) is 3.09. The molecule has 2 rings (SSSR count). The van der Waals surface area contributed by atoms with Gasteiger partial charge in [-0.15, -0.1) is 0 Å². The van der Waals surface area contributed by atoms with Gasteiger partial charge >= 0.3 is 5.97 Å². The van der Waals surface area contributed by atoms with E-state index in [2.05, 4.69) is 10.3 Å². The second-order valence-electron chi connectivity index (χ2n) is 4.65. The zero-order valence-electron chi connectivity index (χ0n) is 11.9. The van der Waals surface area contributed by atoms with Crippen LogP contribution in [0, 0.1) is 0 Å². The van der Waals surface area contributed by atoms with E-state index in [-0.39, 0.29) is 0 Å². The summed E-state index contributed by atoms with van der Waals surface area (Å²) >= 11 is 0. The van der Waals surface area contributed by atoms with Gasteiger partial charge in [-0.2, -0.15) is 0 Å². The Bertz CT molecular complexity index is 597. The van der Waals surface area contributed by atoms with Crippen molar-refractivity contribution in [1.82, 2.24) is 4.98 Å². The summed E-state index contributed by atoms with van der Waals surface area (Å²) in [4.78, 5) is 15.0. The van der Waals surface area contributed by atoms with Crippen LogP contribution < -0.4 is 5.32 Å². The molecule has 0 saturated heterocycles. The smallest absolute Gasteiger partial charge is 0.335 e. The molecule has 110 valence electrons. The predicted octanol–water partition coefficient (Wildman–Crippen LogP) is 2.58. The maximum Gasteiger partial charge on any atom is 0.335 e. The van der Waals surface area contributed by atoms with Gasteiger partial charge in [-0.05, 0) is 41.8 Å². The summed E-state index contributed by atoms with van der Waals surface area (Å²) in [5.41, 5.74) is 2.46. The van der Waals surface area contributed by atoms with Crippen LogP contribution in [0.4, 0.5) is 5.82 Å². The molecule has 0 amide bonds. The van der Waals surface area contributed by atoms with Crippen LogP contribution in [0.1, 0.15) is 21.5 Å². The van der Waals surface area contributed by atoms with Crippen LogP contribution in [-0.2, 0) is 17.7 Å². The number of aromatic carboxylic acids is 1. The fourth-order valence-corrected chi connectivity index (χ4v) is 1.90. The van der Waals surface area contributed by atoms with Crippen LogP contribution in [0.25, 0.3) is 0 Å². The molecule has 0 radical (unpaired) electrons. The van der Waals surface area contributed by atoms with Gasteiger partial charge in [0, 0.05) is 19.9 Å². The Morgan fingerprint density at radius 1 is 1.24 bits per heavy atom. The minimum absolute atomic E-state index is 0.290. The molecule has 2 aromatic rings. The molecule has 0 aliphatic rings. The van der Waals surface area contributed by atoms with Crippen molar-refractivity contribution in [3.8, 4) is 0 Å². The molecule has 0 unspecified atom stereocenters. The Kier molecular flexibility index (Phi) is 5.29. The van der Waals surface area contributed by atoms with E-state index in [9.17, 15) is 4.79 Å². The first-order valence-electron chi connectivity index (χ1n) is 6.69. The number of carbonyl (C=O) groups is 1. The van der Waals surface area contributed by atoms with E-state index in [1.165, 1.54) is 0 Å². The largest absolute Gasteiger partial charge is 0.478 e. The van der Waals surface area contributed by atoms with Crippen molar-refractivity contribution in [3.05, 3.63) is 59.3 Å². The number of nitrogens with zero attached hydrogens (tertiary/aromatic N) is 1. The highest BCUT2D eigenvalue weighted by Crippen LogP contribution is 2.10. The third kappa shape index (κ3) is 4.57. The number of nitrogens with one attached hydrogen (secondary N) is 1. The minimum atomic E-state index is -0.915. The average Bonchev–Trinajstić information content (AvgIpc) is 2.52. The van der Waals surface area contributed by atoms with Crippen LogP contribution in [0.2, 0.25) is 0 Å². The fourth-order valence-electron chi connectivity index (χ4n) is 1.90. The Morgan fingerprint density at radius 2 is 2.00 bits per heavy atom. The van der Waals surface area contributed by atoms with Crippen molar-refractivity contribution in [2.45, 2.75) is 13.0 Å². The van der Waals surface area contributed by atoms with E-state index < -0.39 is 5.97 Å². The van der Waals surface area contributed by atoms with E-state index >= 15 is 0 Å². The van der Waals surface area contributed by atoms with E-state index in [0.717, 1.165) is 23.4 Å². The summed E-state index contributed by atoms with van der Waals surface area (Å²) in [5, 5.41) is 12.1. The summed E-state index contributed by atoms with van der Waals surface area (Å²) in [6.07, 6.45) is 2.61. The van der Waals surface area contributed by atoms with Gasteiger partial charge in [0.1, 0.15) is 5.82 Å². The highest BCUT2D eigenvalue weighted by Gasteiger charge is 2.02. The number of carboxylic acid groups (broad SMARTS) is 1. The standard InChI is InChI=1S/C16H18N2O3/c1-21-9-7-12-6-8-17-15(10-12)18-11-13-2-4-14(5-3-13)16(19)20/h2-6,8,10H,7,9,11H2,1H3,(H,17,18)(H,19,20). The second-order valence-corrected chi connectivity index (χ2v) is 4.65. The van der Waals surface area contributed by atoms with Gasteiger partial charge in [-0.3, -0.25) is 0 Å². The number of hydrogen-bond donors (Lipinski definition) is 2. The van der Waals surface area contributed by atoms with Gasteiger partial charge in [0.05, 0.1) is 12.2 Å². The van der Waals surface area contributed by atoms with Crippen LogP contribution in [0.3, 0.4) is 0 Å². The predicted molar refractivity (Wildman–Crippen MR) is 80.5 cm³/mol. The number of methoxy groups -OCH3 is 1. The van der Waals surface area contributed by atoms with Crippen molar-refractivity contribution in [2.75, 3.05) is 19.0 Å².